The van der Waals surface area contributed by atoms with Gasteiger partial charge in [0.25, 0.3) is 11.1 Å². The van der Waals surface area contributed by atoms with Crippen LogP contribution in [0.2, 0.25) is 0 Å². The van der Waals surface area contributed by atoms with E-state index in [9.17, 15) is 4.79 Å². The Balaban J connectivity index is 1.42. The van der Waals surface area contributed by atoms with Crippen LogP contribution in [0.25, 0.3) is 11.5 Å². The minimum Gasteiger partial charge on any atom is -0.497 e. The quantitative estimate of drug-likeness (QED) is 0.219. The van der Waals surface area contributed by atoms with Crippen LogP contribution in [0, 0.1) is 13.8 Å². The third kappa shape index (κ3) is 5.15. The van der Waals surface area contributed by atoms with Crippen LogP contribution >= 0.6 is 23.1 Å². The second-order valence-corrected chi connectivity index (χ2v) is 9.38. The van der Waals surface area contributed by atoms with Crippen LogP contribution in [0.3, 0.4) is 0 Å². The third-order valence-electron chi connectivity index (χ3n) is 5.41. The number of Topliss-reactive ketones (excluding diaryl/α,β-unsaturated/α-hetero) is 1. The summed E-state index contributed by atoms with van der Waals surface area (Å²) in [5.74, 6) is 1.83. The molecule has 1 aromatic carbocycles. The molecule has 0 unspecified atom stereocenters. The maximum Gasteiger partial charge on any atom is 0.277 e. The van der Waals surface area contributed by atoms with E-state index in [1.807, 2.05) is 19.9 Å². The highest BCUT2D eigenvalue weighted by atomic mass is 32.2. The van der Waals surface area contributed by atoms with E-state index in [0.717, 1.165) is 29.9 Å². The minimum absolute atomic E-state index is 0.0391. The van der Waals surface area contributed by atoms with Gasteiger partial charge in [-0.1, -0.05) is 17.8 Å². The number of nitrogens with zero attached hydrogens (tertiary/aromatic N) is 3. The van der Waals surface area contributed by atoms with Crippen molar-refractivity contribution in [2.45, 2.75) is 32.0 Å². The number of thioether (sulfide) groups is 1. The summed E-state index contributed by atoms with van der Waals surface area (Å²) in [5, 5.41) is 10.6. The zero-order valence-electron chi connectivity index (χ0n) is 19.0. The van der Waals surface area contributed by atoms with Crippen molar-refractivity contribution in [1.82, 2.24) is 14.8 Å². The number of aryl methyl sites for hydroxylation is 2. The molecule has 0 aliphatic rings. The average Bonchev–Trinajstić information content (AvgIpc) is 3.57. The van der Waals surface area contributed by atoms with Crippen molar-refractivity contribution in [3.63, 3.8) is 0 Å². The Hall–Kier alpha value is -3.04. The zero-order valence-corrected chi connectivity index (χ0v) is 20.6. The molecule has 0 amide bonds. The maximum absolute atomic E-state index is 12.9. The van der Waals surface area contributed by atoms with Crippen molar-refractivity contribution in [2.75, 3.05) is 20.0 Å². The van der Waals surface area contributed by atoms with Gasteiger partial charge in [-0.15, -0.1) is 21.5 Å². The molecular weight excluding hydrogens is 458 g/mol. The largest absolute Gasteiger partial charge is 0.497 e. The lowest BCUT2D eigenvalue weighted by Gasteiger charge is -2.09. The highest BCUT2D eigenvalue weighted by molar-refractivity contribution is 7.99. The fourth-order valence-electron chi connectivity index (χ4n) is 3.66. The van der Waals surface area contributed by atoms with E-state index in [-0.39, 0.29) is 11.5 Å². The Labute approximate surface area is 200 Å². The summed E-state index contributed by atoms with van der Waals surface area (Å²) in [7, 11) is 3.16. The molecule has 0 saturated heterocycles. The number of benzene rings is 1. The number of ether oxygens (including phenoxy) is 2. The van der Waals surface area contributed by atoms with E-state index in [0.29, 0.717) is 28.2 Å². The number of aromatic nitrogens is 3. The molecule has 0 atom stereocenters. The minimum atomic E-state index is 0.0391. The molecular formula is C24H25N3O4S2. The predicted molar refractivity (Wildman–Crippen MR) is 130 cm³/mol. The van der Waals surface area contributed by atoms with Gasteiger partial charge >= 0.3 is 0 Å². The average molecular weight is 484 g/mol. The Morgan fingerprint density at radius 1 is 1.15 bits per heavy atom. The lowest BCUT2D eigenvalue weighted by atomic mass is 10.2. The molecule has 4 aromatic rings. The van der Waals surface area contributed by atoms with Crippen molar-refractivity contribution in [3.05, 3.63) is 63.6 Å². The summed E-state index contributed by atoms with van der Waals surface area (Å²) in [6.07, 6.45) is 0.954. The second kappa shape index (κ2) is 10.3. The first kappa shape index (κ1) is 23.1. The number of ketones is 1. The Morgan fingerprint density at radius 2 is 2.00 bits per heavy atom. The van der Waals surface area contributed by atoms with Gasteiger partial charge in [0.05, 0.1) is 25.5 Å². The van der Waals surface area contributed by atoms with E-state index in [4.69, 9.17) is 13.9 Å². The van der Waals surface area contributed by atoms with Gasteiger partial charge in [-0.25, -0.2) is 0 Å². The number of thiophene rings is 1. The van der Waals surface area contributed by atoms with Crippen LogP contribution in [-0.4, -0.2) is 40.5 Å². The fraction of sp³-hybridized carbons (Fsp3) is 0.292. The van der Waals surface area contributed by atoms with E-state index in [1.165, 1.54) is 16.6 Å². The van der Waals surface area contributed by atoms with Crippen LogP contribution in [-0.2, 0) is 13.0 Å². The summed E-state index contributed by atoms with van der Waals surface area (Å²) in [6, 6.07) is 11.5. The van der Waals surface area contributed by atoms with Crippen LogP contribution in [0.1, 0.15) is 26.6 Å². The fourth-order valence-corrected chi connectivity index (χ4v) is 5.01. The van der Waals surface area contributed by atoms with Gasteiger partial charge < -0.3 is 18.5 Å². The standard InChI is InChI=1S/C24H25N3O4S2/c1-15-12-20(16(2)27(15)10-9-18-6-5-11-32-18)21(28)14-33-24-26-25-23(31-24)19-8-7-17(29-3)13-22(19)30-4/h5-8,11-13H,9-10,14H2,1-4H3. The van der Waals surface area contributed by atoms with Gasteiger partial charge in [0.15, 0.2) is 5.78 Å². The maximum atomic E-state index is 12.9. The predicted octanol–water partition coefficient (Wildman–Crippen LogP) is 5.45. The topological polar surface area (TPSA) is 79.4 Å². The van der Waals surface area contributed by atoms with Crippen molar-refractivity contribution >= 4 is 28.9 Å². The summed E-state index contributed by atoms with van der Waals surface area (Å²) in [6.45, 7) is 4.90. The number of carbonyl (C=O) groups excluding carboxylic acids is 1. The molecule has 0 fully saturated rings. The van der Waals surface area contributed by atoms with E-state index in [2.05, 4.69) is 32.3 Å². The van der Waals surface area contributed by atoms with Crippen LogP contribution in [0.5, 0.6) is 11.5 Å². The van der Waals surface area contributed by atoms with Gasteiger partial charge in [-0.05, 0) is 49.9 Å². The molecule has 4 rings (SSSR count). The summed E-state index contributed by atoms with van der Waals surface area (Å²) in [4.78, 5) is 14.3. The highest BCUT2D eigenvalue weighted by Crippen LogP contribution is 2.34. The van der Waals surface area contributed by atoms with Gasteiger partial charge in [-0.2, -0.15) is 0 Å². The molecule has 3 aromatic heterocycles. The van der Waals surface area contributed by atoms with Crippen molar-refractivity contribution in [1.29, 1.82) is 0 Å². The molecule has 33 heavy (non-hydrogen) atoms. The molecule has 9 heteroatoms. The number of hydrogen-bond acceptors (Lipinski definition) is 8. The van der Waals surface area contributed by atoms with Gasteiger partial charge in [0, 0.05) is 34.4 Å². The van der Waals surface area contributed by atoms with E-state index in [1.54, 1.807) is 43.8 Å². The van der Waals surface area contributed by atoms with Gasteiger partial charge in [0.2, 0.25) is 0 Å². The molecule has 3 heterocycles. The lowest BCUT2D eigenvalue weighted by Crippen LogP contribution is -2.08. The normalized spacial score (nSPS) is 11.0. The first-order chi connectivity index (χ1) is 16.0. The molecule has 0 radical (unpaired) electrons. The Morgan fingerprint density at radius 3 is 2.73 bits per heavy atom. The van der Waals surface area contributed by atoms with Gasteiger partial charge in [-0.3, -0.25) is 4.79 Å². The van der Waals surface area contributed by atoms with Crippen molar-refractivity contribution in [3.8, 4) is 23.0 Å². The van der Waals surface area contributed by atoms with Crippen LogP contribution in [0.15, 0.2) is 51.4 Å². The van der Waals surface area contributed by atoms with E-state index >= 15 is 0 Å². The molecule has 0 spiro atoms. The molecule has 0 bridgehead atoms. The second-order valence-electron chi connectivity index (χ2n) is 7.42. The van der Waals surface area contributed by atoms with Crippen molar-refractivity contribution in [2.24, 2.45) is 0 Å². The SMILES string of the molecule is COc1ccc(-c2nnc(SCC(=O)c3cc(C)n(CCc4cccs4)c3C)o2)c(OC)c1. The number of carbonyl (C=O) groups is 1. The van der Waals surface area contributed by atoms with Crippen LogP contribution < -0.4 is 9.47 Å². The first-order valence-electron chi connectivity index (χ1n) is 10.4. The smallest absolute Gasteiger partial charge is 0.277 e. The summed E-state index contributed by atoms with van der Waals surface area (Å²) >= 11 is 2.99. The number of hydrogen-bond donors (Lipinski definition) is 0. The zero-order chi connectivity index (χ0) is 23.4. The molecule has 172 valence electrons. The molecule has 0 saturated carbocycles. The lowest BCUT2D eigenvalue weighted by molar-refractivity contribution is 0.102. The first-order valence-corrected chi connectivity index (χ1v) is 12.3. The number of rotatable bonds is 10. The van der Waals surface area contributed by atoms with Gasteiger partial charge in [0.1, 0.15) is 11.5 Å². The monoisotopic (exact) mass is 483 g/mol. The molecule has 0 aliphatic heterocycles. The molecule has 0 N–H and O–H groups in total. The summed E-state index contributed by atoms with van der Waals surface area (Å²) < 4.78 is 18.6. The van der Waals surface area contributed by atoms with E-state index < -0.39 is 0 Å². The van der Waals surface area contributed by atoms with Crippen molar-refractivity contribution < 1.29 is 18.7 Å². The number of methoxy groups -OCH3 is 2. The molecule has 7 nitrogen and oxygen atoms in total. The molecule has 0 aliphatic carbocycles. The van der Waals surface area contributed by atoms with Crippen LogP contribution in [0.4, 0.5) is 0 Å². The third-order valence-corrected chi connectivity index (χ3v) is 7.16. The Kier molecular flexibility index (Phi) is 7.20. The Bertz CT molecular complexity index is 1240. The summed E-state index contributed by atoms with van der Waals surface area (Å²) in [5.41, 5.74) is 3.48. The highest BCUT2D eigenvalue weighted by Gasteiger charge is 2.19.